The Hall–Kier alpha value is -3.49. The van der Waals surface area contributed by atoms with Gasteiger partial charge in [0.1, 0.15) is 5.75 Å². The zero-order valence-electron chi connectivity index (χ0n) is 13.3. The third kappa shape index (κ3) is 5.55. The average molecular weight is 364 g/mol. The van der Waals surface area contributed by atoms with Crippen molar-refractivity contribution in [3.05, 3.63) is 59.7 Å². The molecule has 2 amide bonds. The van der Waals surface area contributed by atoms with Crippen LogP contribution in [0.4, 0.5) is 14.5 Å². The van der Waals surface area contributed by atoms with E-state index in [1.54, 1.807) is 0 Å². The van der Waals surface area contributed by atoms with Crippen LogP contribution in [0.1, 0.15) is 20.7 Å². The Morgan fingerprint density at radius 3 is 2.08 bits per heavy atom. The highest BCUT2D eigenvalue weighted by atomic mass is 19.3. The smallest absolute Gasteiger partial charge is 0.387 e. The zero-order valence-corrected chi connectivity index (χ0v) is 13.3. The first-order valence-electron chi connectivity index (χ1n) is 7.27. The molecular formula is C17H14F2N2O5. The molecule has 2 rings (SSSR count). The molecule has 0 aliphatic rings. The first kappa shape index (κ1) is 18.8. The molecule has 0 unspecified atom stereocenters. The minimum absolute atomic E-state index is 0.0743. The second kappa shape index (κ2) is 8.56. The molecule has 7 nitrogen and oxygen atoms in total. The summed E-state index contributed by atoms with van der Waals surface area (Å²) in [6.07, 6.45) is 0. The Balaban J connectivity index is 1.84. The van der Waals surface area contributed by atoms with E-state index in [2.05, 4.69) is 10.1 Å². The van der Waals surface area contributed by atoms with Gasteiger partial charge in [-0.25, -0.2) is 4.79 Å². The summed E-state index contributed by atoms with van der Waals surface area (Å²) in [6, 6.07) is 10.7. The van der Waals surface area contributed by atoms with Crippen molar-refractivity contribution in [3.8, 4) is 5.75 Å². The van der Waals surface area contributed by atoms with E-state index in [9.17, 15) is 23.2 Å². The van der Waals surface area contributed by atoms with E-state index < -0.39 is 31.0 Å². The van der Waals surface area contributed by atoms with Gasteiger partial charge in [-0.05, 0) is 48.5 Å². The molecule has 0 aliphatic carbocycles. The van der Waals surface area contributed by atoms with Crippen LogP contribution < -0.4 is 15.8 Å². The molecule has 0 heterocycles. The maximum Gasteiger partial charge on any atom is 0.387 e. The fraction of sp³-hybridized carbons (Fsp3) is 0.118. The highest BCUT2D eigenvalue weighted by molar-refractivity contribution is 5.96. The number of halogens is 2. The molecule has 0 radical (unpaired) electrons. The van der Waals surface area contributed by atoms with Gasteiger partial charge in [0, 0.05) is 11.3 Å². The zero-order chi connectivity index (χ0) is 19.1. The lowest BCUT2D eigenvalue weighted by molar-refractivity contribution is -0.119. The Kier molecular flexibility index (Phi) is 6.20. The number of esters is 1. The van der Waals surface area contributed by atoms with Gasteiger partial charge >= 0.3 is 12.6 Å². The molecule has 0 saturated carbocycles. The van der Waals surface area contributed by atoms with Gasteiger partial charge in [-0.1, -0.05) is 0 Å². The molecule has 9 heteroatoms. The first-order valence-corrected chi connectivity index (χ1v) is 7.27. The number of primary amides is 1. The van der Waals surface area contributed by atoms with Crippen LogP contribution in [0.3, 0.4) is 0 Å². The molecule has 3 N–H and O–H groups in total. The fourth-order valence-electron chi connectivity index (χ4n) is 1.90. The highest BCUT2D eigenvalue weighted by Gasteiger charge is 2.12. The summed E-state index contributed by atoms with van der Waals surface area (Å²) in [6.45, 7) is -3.51. The van der Waals surface area contributed by atoms with Gasteiger partial charge in [0.2, 0.25) is 5.91 Å². The van der Waals surface area contributed by atoms with E-state index in [0.29, 0.717) is 5.69 Å². The van der Waals surface area contributed by atoms with Crippen molar-refractivity contribution in [2.45, 2.75) is 6.61 Å². The highest BCUT2D eigenvalue weighted by Crippen LogP contribution is 2.15. The van der Waals surface area contributed by atoms with E-state index >= 15 is 0 Å². The number of ether oxygens (including phenoxy) is 2. The Labute approximate surface area is 146 Å². The lowest BCUT2D eigenvalue weighted by Gasteiger charge is -2.08. The first-order chi connectivity index (χ1) is 12.3. The molecule has 0 aromatic heterocycles. The van der Waals surface area contributed by atoms with Crippen molar-refractivity contribution in [3.63, 3.8) is 0 Å². The quantitative estimate of drug-likeness (QED) is 0.732. The maximum absolute atomic E-state index is 12.0. The van der Waals surface area contributed by atoms with Crippen LogP contribution in [0.2, 0.25) is 0 Å². The number of nitrogens with two attached hydrogens (primary N) is 1. The lowest BCUT2D eigenvalue weighted by atomic mass is 10.2. The van der Waals surface area contributed by atoms with Crippen molar-refractivity contribution in [1.82, 2.24) is 0 Å². The van der Waals surface area contributed by atoms with Crippen molar-refractivity contribution >= 4 is 23.5 Å². The summed E-state index contributed by atoms with van der Waals surface area (Å²) in [5.74, 6) is -2.09. The standard InChI is InChI=1S/C17H14F2N2O5/c18-17(19)26-13-7-3-11(4-8-13)16(24)25-9-14(22)21-12-5-1-10(2-6-12)15(20)23/h1-8,17H,9H2,(H2,20,23)(H,21,22). The van der Waals surface area contributed by atoms with Gasteiger partial charge in [-0.2, -0.15) is 8.78 Å². The van der Waals surface area contributed by atoms with E-state index in [0.717, 1.165) is 0 Å². The topological polar surface area (TPSA) is 108 Å². The van der Waals surface area contributed by atoms with E-state index in [1.807, 2.05) is 0 Å². The van der Waals surface area contributed by atoms with Crippen molar-refractivity contribution in [2.24, 2.45) is 5.73 Å². The van der Waals surface area contributed by atoms with Crippen LogP contribution >= 0.6 is 0 Å². The second-order valence-corrected chi connectivity index (χ2v) is 4.97. The molecule has 2 aromatic rings. The van der Waals surface area contributed by atoms with E-state index in [4.69, 9.17) is 10.5 Å². The van der Waals surface area contributed by atoms with Crippen LogP contribution in [-0.4, -0.2) is 31.0 Å². The lowest BCUT2D eigenvalue weighted by Crippen LogP contribution is -2.21. The van der Waals surface area contributed by atoms with Crippen LogP contribution in [0.25, 0.3) is 0 Å². The number of amides is 2. The van der Waals surface area contributed by atoms with Gasteiger partial charge < -0.3 is 20.5 Å². The molecule has 0 spiro atoms. The number of hydrogen-bond acceptors (Lipinski definition) is 5. The third-order valence-electron chi connectivity index (χ3n) is 3.10. The average Bonchev–Trinajstić information content (AvgIpc) is 2.60. The molecule has 0 atom stereocenters. The predicted molar refractivity (Wildman–Crippen MR) is 86.9 cm³/mol. The van der Waals surface area contributed by atoms with Gasteiger partial charge in [0.25, 0.3) is 5.91 Å². The van der Waals surface area contributed by atoms with E-state index in [1.165, 1.54) is 48.5 Å². The van der Waals surface area contributed by atoms with Gasteiger partial charge in [-0.3, -0.25) is 9.59 Å². The summed E-state index contributed by atoms with van der Waals surface area (Å²) >= 11 is 0. The molecule has 136 valence electrons. The molecule has 0 aliphatic heterocycles. The van der Waals surface area contributed by atoms with Crippen LogP contribution in [-0.2, 0) is 9.53 Å². The minimum atomic E-state index is -2.96. The summed E-state index contributed by atoms with van der Waals surface area (Å²) in [7, 11) is 0. The molecule has 0 saturated heterocycles. The van der Waals surface area contributed by atoms with Crippen LogP contribution in [0.5, 0.6) is 5.75 Å². The minimum Gasteiger partial charge on any atom is -0.452 e. The molecule has 2 aromatic carbocycles. The molecule has 0 fully saturated rings. The molecular weight excluding hydrogens is 350 g/mol. The molecule has 26 heavy (non-hydrogen) atoms. The Morgan fingerprint density at radius 1 is 0.962 bits per heavy atom. The van der Waals surface area contributed by atoms with Gasteiger partial charge in [0.15, 0.2) is 6.61 Å². The normalized spacial score (nSPS) is 10.3. The largest absolute Gasteiger partial charge is 0.452 e. The van der Waals surface area contributed by atoms with Crippen LogP contribution in [0, 0.1) is 0 Å². The number of carbonyl (C=O) groups is 3. The number of benzene rings is 2. The van der Waals surface area contributed by atoms with Crippen molar-refractivity contribution in [2.75, 3.05) is 11.9 Å². The predicted octanol–water partition coefficient (Wildman–Crippen LogP) is 2.18. The number of nitrogens with one attached hydrogen (secondary N) is 1. The van der Waals surface area contributed by atoms with E-state index in [-0.39, 0.29) is 16.9 Å². The van der Waals surface area contributed by atoms with Crippen molar-refractivity contribution < 1.29 is 32.6 Å². The Morgan fingerprint density at radius 2 is 1.54 bits per heavy atom. The van der Waals surface area contributed by atoms with Crippen molar-refractivity contribution in [1.29, 1.82) is 0 Å². The SMILES string of the molecule is NC(=O)c1ccc(NC(=O)COC(=O)c2ccc(OC(F)F)cc2)cc1. The fourth-order valence-corrected chi connectivity index (χ4v) is 1.90. The summed E-state index contributed by atoms with van der Waals surface area (Å²) < 4.78 is 33.1. The summed E-state index contributed by atoms with van der Waals surface area (Å²) in [5.41, 5.74) is 5.86. The number of rotatable bonds is 7. The van der Waals surface area contributed by atoms with Gasteiger partial charge in [-0.15, -0.1) is 0 Å². The van der Waals surface area contributed by atoms with Gasteiger partial charge in [0.05, 0.1) is 5.56 Å². The summed E-state index contributed by atoms with van der Waals surface area (Å²) in [5, 5.41) is 2.47. The van der Waals surface area contributed by atoms with Crippen LogP contribution in [0.15, 0.2) is 48.5 Å². The number of anilines is 1. The monoisotopic (exact) mass is 364 g/mol. The summed E-state index contributed by atoms with van der Waals surface area (Å²) in [4.78, 5) is 34.5. The number of hydrogen-bond donors (Lipinski definition) is 2. The third-order valence-corrected chi connectivity index (χ3v) is 3.10. The maximum atomic E-state index is 12.0. The molecule has 0 bridgehead atoms. The second-order valence-electron chi connectivity index (χ2n) is 4.97. The number of carbonyl (C=O) groups excluding carboxylic acids is 3. The number of alkyl halides is 2. The Bertz CT molecular complexity index is 792.